The van der Waals surface area contributed by atoms with E-state index < -0.39 is 5.60 Å². The van der Waals surface area contributed by atoms with Crippen molar-refractivity contribution in [2.24, 2.45) is 0 Å². The molecule has 2 fully saturated rings. The Labute approximate surface area is 155 Å². The molecule has 7 heteroatoms. The third-order valence-corrected chi connectivity index (χ3v) is 5.55. The van der Waals surface area contributed by atoms with Crippen LogP contribution in [0.4, 0.5) is 0 Å². The molecule has 1 aromatic rings. The summed E-state index contributed by atoms with van der Waals surface area (Å²) < 4.78 is 6.07. The molecule has 1 spiro atoms. The third kappa shape index (κ3) is 3.97. The number of amides is 1. The predicted molar refractivity (Wildman–Crippen MR) is 98.1 cm³/mol. The molecule has 0 unspecified atom stereocenters. The van der Waals surface area contributed by atoms with Gasteiger partial charge in [-0.2, -0.15) is 0 Å². The van der Waals surface area contributed by atoms with Crippen LogP contribution in [0.1, 0.15) is 42.2 Å². The number of nitrogens with zero attached hydrogens (tertiary/aromatic N) is 2. The number of carbonyl (C=O) groups excluding carboxylic acids is 1. The van der Waals surface area contributed by atoms with Gasteiger partial charge in [-0.15, -0.1) is 12.4 Å². The van der Waals surface area contributed by atoms with Crippen molar-refractivity contribution in [3.8, 4) is 0 Å². The largest absolute Gasteiger partial charge is 0.386 e. The fraction of sp³-hybridized carbons (Fsp3) is 0.667. The lowest BCUT2D eigenvalue weighted by Gasteiger charge is -2.50. The molecule has 1 aromatic heterocycles. The van der Waals surface area contributed by atoms with Gasteiger partial charge < -0.3 is 20.1 Å². The quantitative estimate of drug-likeness (QED) is 0.827. The third-order valence-electron chi connectivity index (χ3n) is 5.55. The Morgan fingerprint density at radius 2 is 2.12 bits per heavy atom. The molecule has 3 rings (SSSR count). The summed E-state index contributed by atoms with van der Waals surface area (Å²) in [6.45, 7) is 5.35. The van der Waals surface area contributed by atoms with Crippen LogP contribution in [0.25, 0.3) is 0 Å². The fourth-order valence-corrected chi connectivity index (χ4v) is 3.81. The summed E-state index contributed by atoms with van der Waals surface area (Å²) in [5, 5.41) is 13.6. The second-order valence-corrected chi connectivity index (χ2v) is 7.30. The zero-order chi connectivity index (χ0) is 17.4. The second kappa shape index (κ2) is 7.58. The summed E-state index contributed by atoms with van der Waals surface area (Å²) in [6, 6.07) is 3.64. The molecule has 0 bridgehead atoms. The molecule has 2 saturated heterocycles. The number of aromatic nitrogens is 1. The first-order chi connectivity index (χ1) is 11.4. The van der Waals surface area contributed by atoms with Crippen LogP contribution in [-0.2, 0) is 4.74 Å². The van der Waals surface area contributed by atoms with E-state index in [1.54, 1.807) is 12.3 Å². The van der Waals surface area contributed by atoms with Crippen LogP contribution >= 0.6 is 12.4 Å². The Morgan fingerprint density at radius 1 is 1.44 bits per heavy atom. The molecule has 2 atom stereocenters. The Balaban J connectivity index is 0.00000225. The summed E-state index contributed by atoms with van der Waals surface area (Å²) in [4.78, 5) is 18.8. The highest BCUT2D eigenvalue weighted by Gasteiger charge is 2.48. The molecule has 2 aliphatic rings. The number of hydrogen-bond donors (Lipinski definition) is 2. The number of piperidine rings is 1. The number of aryl methyl sites for hydroxylation is 1. The standard InChI is InChI=1S/C18H27N3O3.ClH/c1-13-14(5-4-8-20-13)16(22)21-9-6-18(7-10-21)11-15(19-3)17(2,23)12-24-18;/h4-5,8,15,19,23H,6-7,9-12H2,1-3H3;1H/t15-,17-;/m0./s1. The topological polar surface area (TPSA) is 74.7 Å². The molecule has 0 aromatic carbocycles. The van der Waals surface area contributed by atoms with Gasteiger partial charge in [0.05, 0.1) is 17.8 Å². The van der Waals surface area contributed by atoms with Crippen molar-refractivity contribution >= 4 is 18.3 Å². The van der Waals surface area contributed by atoms with E-state index in [-0.39, 0.29) is 30.0 Å². The van der Waals surface area contributed by atoms with Gasteiger partial charge in [-0.1, -0.05) is 0 Å². The number of rotatable bonds is 2. The van der Waals surface area contributed by atoms with Crippen molar-refractivity contribution in [2.75, 3.05) is 26.7 Å². The van der Waals surface area contributed by atoms with Gasteiger partial charge in [-0.3, -0.25) is 9.78 Å². The summed E-state index contributed by atoms with van der Waals surface area (Å²) in [6.07, 6.45) is 4.07. The lowest BCUT2D eigenvalue weighted by atomic mass is 9.77. The van der Waals surface area contributed by atoms with Crippen LogP contribution in [0.5, 0.6) is 0 Å². The lowest BCUT2D eigenvalue weighted by molar-refractivity contribution is -0.189. The van der Waals surface area contributed by atoms with Crippen molar-refractivity contribution in [2.45, 2.75) is 50.4 Å². The van der Waals surface area contributed by atoms with E-state index in [0.29, 0.717) is 25.3 Å². The zero-order valence-corrected chi connectivity index (χ0v) is 15.9. The van der Waals surface area contributed by atoms with Crippen LogP contribution in [-0.4, -0.2) is 64.9 Å². The molecular formula is C18H28ClN3O3. The summed E-state index contributed by atoms with van der Waals surface area (Å²) in [5.41, 5.74) is 0.355. The Kier molecular flexibility index (Phi) is 6.09. The maximum absolute atomic E-state index is 12.7. The number of halogens is 1. The van der Waals surface area contributed by atoms with E-state index in [1.807, 2.05) is 31.9 Å². The van der Waals surface area contributed by atoms with Crippen LogP contribution in [0.3, 0.4) is 0 Å². The van der Waals surface area contributed by atoms with Crippen molar-refractivity contribution in [1.29, 1.82) is 0 Å². The normalized spacial score (nSPS) is 28.5. The maximum Gasteiger partial charge on any atom is 0.255 e. The molecule has 140 valence electrons. The summed E-state index contributed by atoms with van der Waals surface area (Å²) in [5.74, 6) is 0.0448. The van der Waals surface area contributed by atoms with Crippen molar-refractivity contribution < 1.29 is 14.6 Å². The van der Waals surface area contributed by atoms with Gasteiger partial charge in [0.2, 0.25) is 0 Å². The molecule has 0 saturated carbocycles. The molecule has 2 N–H and O–H groups in total. The average Bonchev–Trinajstić information content (AvgIpc) is 2.58. The van der Waals surface area contributed by atoms with E-state index in [9.17, 15) is 9.90 Å². The molecule has 25 heavy (non-hydrogen) atoms. The number of pyridine rings is 1. The Hall–Kier alpha value is -1.21. The first-order valence-corrected chi connectivity index (χ1v) is 8.61. The van der Waals surface area contributed by atoms with Gasteiger partial charge in [-0.05, 0) is 52.3 Å². The van der Waals surface area contributed by atoms with E-state index in [4.69, 9.17) is 4.74 Å². The highest BCUT2D eigenvalue weighted by molar-refractivity contribution is 5.95. The van der Waals surface area contributed by atoms with Crippen LogP contribution < -0.4 is 5.32 Å². The second-order valence-electron chi connectivity index (χ2n) is 7.30. The van der Waals surface area contributed by atoms with Gasteiger partial charge in [0.25, 0.3) is 5.91 Å². The van der Waals surface area contributed by atoms with Gasteiger partial charge >= 0.3 is 0 Å². The summed E-state index contributed by atoms with van der Waals surface area (Å²) in [7, 11) is 1.88. The number of likely N-dealkylation sites (tertiary alicyclic amines) is 1. The van der Waals surface area contributed by atoms with Crippen LogP contribution in [0, 0.1) is 6.92 Å². The van der Waals surface area contributed by atoms with E-state index in [2.05, 4.69) is 10.3 Å². The SMILES string of the molecule is CN[C@H]1CC2(CCN(C(=O)c3cccnc3C)CC2)OC[C@]1(C)O.Cl. The monoisotopic (exact) mass is 369 g/mol. The average molecular weight is 370 g/mol. The maximum atomic E-state index is 12.7. The van der Waals surface area contributed by atoms with Gasteiger partial charge in [0, 0.05) is 31.0 Å². The van der Waals surface area contributed by atoms with Crippen LogP contribution in [0.15, 0.2) is 18.3 Å². The number of aliphatic hydroxyl groups is 1. The minimum Gasteiger partial charge on any atom is -0.386 e. The predicted octanol–water partition coefficient (Wildman–Crippen LogP) is 1.55. The first-order valence-electron chi connectivity index (χ1n) is 8.61. The van der Waals surface area contributed by atoms with Crippen molar-refractivity contribution in [3.63, 3.8) is 0 Å². The number of carbonyl (C=O) groups is 1. The smallest absolute Gasteiger partial charge is 0.255 e. The highest BCUT2D eigenvalue weighted by Crippen LogP contribution is 2.38. The number of nitrogens with one attached hydrogen (secondary N) is 1. The minimum absolute atomic E-state index is 0. The molecule has 0 radical (unpaired) electrons. The molecule has 2 aliphatic heterocycles. The van der Waals surface area contributed by atoms with Gasteiger partial charge in [0.15, 0.2) is 0 Å². The number of hydrogen-bond acceptors (Lipinski definition) is 5. The molecule has 3 heterocycles. The number of likely N-dealkylation sites (N-methyl/N-ethyl adjacent to an activating group) is 1. The van der Waals surface area contributed by atoms with E-state index in [1.165, 1.54) is 0 Å². The Bertz CT molecular complexity index is 615. The fourth-order valence-electron chi connectivity index (χ4n) is 3.81. The molecule has 6 nitrogen and oxygen atoms in total. The minimum atomic E-state index is -0.847. The van der Waals surface area contributed by atoms with Crippen LogP contribution in [0.2, 0.25) is 0 Å². The first kappa shape index (κ1) is 20.1. The lowest BCUT2D eigenvalue weighted by Crippen LogP contribution is -2.62. The van der Waals surface area contributed by atoms with Crippen molar-refractivity contribution in [3.05, 3.63) is 29.6 Å². The molecular weight excluding hydrogens is 342 g/mol. The zero-order valence-electron chi connectivity index (χ0n) is 15.1. The van der Waals surface area contributed by atoms with E-state index >= 15 is 0 Å². The van der Waals surface area contributed by atoms with Gasteiger partial charge in [-0.25, -0.2) is 0 Å². The molecule has 1 amide bonds. The summed E-state index contributed by atoms with van der Waals surface area (Å²) >= 11 is 0. The van der Waals surface area contributed by atoms with Crippen molar-refractivity contribution in [1.82, 2.24) is 15.2 Å². The van der Waals surface area contributed by atoms with E-state index in [0.717, 1.165) is 25.0 Å². The Morgan fingerprint density at radius 3 is 2.72 bits per heavy atom. The number of ether oxygens (including phenoxy) is 1. The molecule has 0 aliphatic carbocycles. The van der Waals surface area contributed by atoms with Gasteiger partial charge in [0.1, 0.15) is 5.60 Å². The highest BCUT2D eigenvalue weighted by atomic mass is 35.5.